The second kappa shape index (κ2) is 7.07. The van der Waals surface area contributed by atoms with Gasteiger partial charge in [-0.1, -0.05) is 13.2 Å². The number of hydrogen-bond acceptors (Lipinski definition) is 6. The van der Waals surface area contributed by atoms with Gasteiger partial charge in [0.05, 0.1) is 13.2 Å². The van der Waals surface area contributed by atoms with Gasteiger partial charge in [0.2, 0.25) is 0 Å². The van der Waals surface area contributed by atoms with Crippen LogP contribution in [0.15, 0.2) is 24.3 Å². The number of carbonyl (C=O) groups excluding carboxylic acids is 2. The van der Waals surface area contributed by atoms with Crippen LogP contribution in [0.1, 0.15) is 26.7 Å². The van der Waals surface area contributed by atoms with Gasteiger partial charge in [-0.15, -0.1) is 0 Å². The van der Waals surface area contributed by atoms with E-state index in [1.54, 1.807) is 13.8 Å². The van der Waals surface area contributed by atoms with E-state index < -0.39 is 11.9 Å². The van der Waals surface area contributed by atoms with Crippen LogP contribution in [0.3, 0.4) is 0 Å². The molecule has 0 aliphatic carbocycles. The molecular formula is C16H22O6. The van der Waals surface area contributed by atoms with Gasteiger partial charge < -0.3 is 18.9 Å². The van der Waals surface area contributed by atoms with Gasteiger partial charge in [0, 0.05) is 11.1 Å². The first kappa shape index (κ1) is 16.7. The molecule has 4 unspecified atom stereocenters. The van der Waals surface area contributed by atoms with Crippen LogP contribution in [0.5, 0.6) is 0 Å². The van der Waals surface area contributed by atoms with Crippen molar-refractivity contribution in [3.8, 4) is 0 Å². The third kappa shape index (κ3) is 4.96. The molecule has 6 nitrogen and oxygen atoms in total. The Morgan fingerprint density at radius 2 is 1.27 bits per heavy atom. The molecule has 122 valence electrons. The summed E-state index contributed by atoms with van der Waals surface area (Å²) in [5.74, 6) is -0.864. The first-order valence-electron chi connectivity index (χ1n) is 7.34. The number of epoxide rings is 2. The summed E-state index contributed by atoms with van der Waals surface area (Å²) in [6, 6.07) is 0. The summed E-state index contributed by atoms with van der Waals surface area (Å²) in [5.41, 5.74) is 0.697. The average Bonchev–Trinajstić information content (AvgIpc) is 3.32. The van der Waals surface area contributed by atoms with Crippen molar-refractivity contribution in [3.05, 3.63) is 24.3 Å². The van der Waals surface area contributed by atoms with Gasteiger partial charge >= 0.3 is 11.9 Å². The Labute approximate surface area is 130 Å². The van der Waals surface area contributed by atoms with E-state index in [0.717, 1.165) is 0 Å². The molecule has 2 saturated heterocycles. The molecule has 22 heavy (non-hydrogen) atoms. The lowest BCUT2D eigenvalue weighted by molar-refractivity contribution is -0.149. The Balaban J connectivity index is 1.86. The predicted octanol–water partition coefficient (Wildman–Crippen LogP) is 1.54. The van der Waals surface area contributed by atoms with Crippen molar-refractivity contribution in [2.24, 2.45) is 0 Å². The van der Waals surface area contributed by atoms with Crippen molar-refractivity contribution in [2.75, 3.05) is 13.2 Å². The maximum absolute atomic E-state index is 11.6. The molecule has 0 spiro atoms. The van der Waals surface area contributed by atoms with Crippen LogP contribution < -0.4 is 0 Å². The summed E-state index contributed by atoms with van der Waals surface area (Å²) in [5, 5.41) is 0. The second-order valence-electron chi connectivity index (χ2n) is 5.77. The summed E-state index contributed by atoms with van der Waals surface area (Å²) in [6.45, 7) is 11.5. The minimum Gasteiger partial charge on any atom is -0.456 e. The molecule has 0 N–H and O–H groups in total. The van der Waals surface area contributed by atoms with Gasteiger partial charge in [0.15, 0.2) is 0 Å². The molecular weight excluding hydrogens is 288 g/mol. The Morgan fingerprint density at radius 3 is 1.50 bits per heavy atom. The number of rotatable bonds is 9. The summed E-state index contributed by atoms with van der Waals surface area (Å²) in [4.78, 5) is 23.3. The van der Waals surface area contributed by atoms with Gasteiger partial charge in [0.25, 0.3) is 0 Å². The molecule has 4 atom stereocenters. The SMILES string of the molecule is C=C(C)C(=O)OC(CCC(OC(=O)C(=C)C)C1CO1)C1CO1. The third-order valence-electron chi connectivity index (χ3n) is 3.50. The van der Waals surface area contributed by atoms with Crippen LogP contribution in [-0.4, -0.2) is 49.6 Å². The Bertz CT molecular complexity index is 431. The van der Waals surface area contributed by atoms with Crippen molar-refractivity contribution >= 4 is 11.9 Å². The highest BCUT2D eigenvalue weighted by Gasteiger charge is 2.40. The fourth-order valence-corrected chi connectivity index (χ4v) is 1.99. The summed E-state index contributed by atoms with van der Waals surface area (Å²) < 4.78 is 21.2. The van der Waals surface area contributed by atoms with E-state index in [0.29, 0.717) is 37.2 Å². The zero-order valence-electron chi connectivity index (χ0n) is 13.0. The number of carbonyl (C=O) groups is 2. The van der Waals surface area contributed by atoms with Crippen LogP contribution in [0, 0.1) is 0 Å². The second-order valence-corrected chi connectivity index (χ2v) is 5.77. The van der Waals surface area contributed by atoms with Crippen molar-refractivity contribution in [1.82, 2.24) is 0 Å². The molecule has 0 aromatic carbocycles. The Morgan fingerprint density at radius 1 is 0.955 bits per heavy atom. The first-order valence-corrected chi connectivity index (χ1v) is 7.34. The van der Waals surface area contributed by atoms with Gasteiger partial charge in [-0.05, 0) is 26.7 Å². The highest BCUT2D eigenvalue weighted by atomic mass is 16.6. The van der Waals surface area contributed by atoms with E-state index in [-0.39, 0.29) is 24.4 Å². The summed E-state index contributed by atoms with van der Waals surface area (Å²) in [7, 11) is 0. The number of esters is 2. The largest absolute Gasteiger partial charge is 0.456 e. The van der Waals surface area contributed by atoms with E-state index >= 15 is 0 Å². The van der Waals surface area contributed by atoms with Crippen molar-refractivity contribution in [2.45, 2.75) is 51.1 Å². The van der Waals surface area contributed by atoms with E-state index in [1.807, 2.05) is 0 Å². The standard InChI is InChI=1S/C16H22O6/c1-9(2)15(17)21-11(13-7-19-13)5-6-12(14-8-20-14)22-16(18)10(3)4/h11-14H,1,3,5-8H2,2,4H3. The lowest BCUT2D eigenvalue weighted by Crippen LogP contribution is -2.29. The maximum atomic E-state index is 11.6. The Hall–Kier alpha value is -1.66. The van der Waals surface area contributed by atoms with Gasteiger partial charge in [-0.25, -0.2) is 9.59 Å². The molecule has 0 aromatic rings. The molecule has 0 aromatic heterocycles. The molecule has 6 heteroatoms. The normalized spacial score (nSPS) is 24.8. The van der Waals surface area contributed by atoms with Crippen LogP contribution >= 0.6 is 0 Å². The topological polar surface area (TPSA) is 77.7 Å². The molecule has 2 heterocycles. The predicted molar refractivity (Wildman–Crippen MR) is 78.1 cm³/mol. The van der Waals surface area contributed by atoms with Crippen molar-refractivity contribution in [1.29, 1.82) is 0 Å². The van der Waals surface area contributed by atoms with Crippen LogP contribution in [0.4, 0.5) is 0 Å². The fourth-order valence-electron chi connectivity index (χ4n) is 1.99. The van der Waals surface area contributed by atoms with Gasteiger partial charge in [-0.3, -0.25) is 0 Å². The first-order chi connectivity index (χ1) is 10.4. The number of ether oxygens (including phenoxy) is 4. The average molecular weight is 310 g/mol. The van der Waals surface area contributed by atoms with Crippen molar-refractivity contribution in [3.63, 3.8) is 0 Å². The monoisotopic (exact) mass is 310 g/mol. The molecule has 2 fully saturated rings. The summed E-state index contributed by atoms with van der Waals surface area (Å²) in [6.07, 6.45) is 0.208. The van der Waals surface area contributed by atoms with E-state index in [2.05, 4.69) is 13.2 Å². The fraction of sp³-hybridized carbons (Fsp3) is 0.625. The summed E-state index contributed by atoms with van der Waals surface area (Å²) >= 11 is 0. The molecule has 0 amide bonds. The molecule has 0 radical (unpaired) electrons. The lowest BCUT2D eigenvalue weighted by Gasteiger charge is -2.20. The van der Waals surface area contributed by atoms with Gasteiger partial charge in [0.1, 0.15) is 24.4 Å². The molecule has 0 bridgehead atoms. The van der Waals surface area contributed by atoms with Crippen LogP contribution in [-0.2, 0) is 28.5 Å². The smallest absolute Gasteiger partial charge is 0.333 e. The minimum atomic E-state index is -0.432. The highest BCUT2D eigenvalue weighted by Crippen LogP contribution is 2.27. The minimum absolute atomic E-state index is 0.0825. The van der Waals surface area contributed by atoms with Crippen LogP contribution in [0.2, 0.25) is 0 Å². The van der Waals surface area contributed by atoms with E-state index in [1.165, 1.54) is 0 Å². The number of hydrogen-bond donors (Lipinski definition) is 0. The van der Waals surface area contributed by atoms with Gasteiger partial charge in [-0.2, -0.15) is 0 Å². The highest BCUT2D eigenvalue weighted by molar-refractivity contribution is 5.87. The van der Waals surface area contributed by atoms with Crippen LogP contribution in [0.25, 0.3) is 0 Å². The maximum Gasteiger partial charge on any atom is 0.333 e. The van der Waals surface area contributed by atoms with E-state index in [4.69, 9.17) is 18.9 Å². The molecule has 2 aliphatic rings. The third-order valence-corrected chi connectivity index (χ3v) is 3.50. The Kier molecular flexibility index (Phi) is 5.37. The molecule has 2 rings (SSSR count). The van der Waals surface area contributed by atoms with Crippen molar-refractivity contribution < 1.29 is 28.5 Å². The zero-order chi connectivity index (χ0) is 16.3. The zero-order valence-corrected chi connectivity index (χ0v) is 13.0. The lowest BCUT2D eigenvalue weighted by atomic mass is 10.1. The van der Waals surface area contributed by atoms with E-state index in [9.17, 15) is 9.59 Å². The molecule has 2 aliphatic heterocycles. The quantitative estimate of drug-likeness (QED) is 0.365. The molecule has 0 saturated carbocycles.